The van der Waals surface area contributed by atoms with Crippen molar-refractivity contribution in [2.45, 2.75) is 4.90 Å². The van der Waals surface area contributed by atoms with Gasteiger partial charge >= 0.3 is 0 Å². The Labute approximate surface area is 141 Å². The number of rotatable bonds is 4. The Morgan fingerprint density at radius 3 is 2.65 bits per heavy atom. The topological polar surface area (TPSA) is 38.0 Å². The lowest BCUT2D eigenvalue weighted by molar-refractivity contribution is 1.39. The summed E-state index contributed by atoms with van der Waals surface area (Å²) < 4.78 is 0.883. The van der Waals surface area contributed by atoms with Crippen LogP contribution in [0.3, 0.4) is 0 Å². The zero-order chi connectivity index (χ0) is 14.7. The zero-order valence-electron chi connectivity index (χ0n) is 10.6. The van der Waals surface area contributed by atoms with Crippen molar-refractivity contribution in [3.05, 3.63) is 51.5 Å². The van der Waals surface area contributed by atoms with Crippen molar-refractivity contribution in [2.24, 2.45) is 5.73 Å². The van der Waals surface area contributed by atoms with Crippen LogP contribution in [0.4, 0.5) is 11.4 Å². The Hall–Kier alpha value is -0.750. The van der Waals surface area contributed by atoms with Crippen molar-refractivity contribution in [3.8, 4) is 0 Å². The quantitative estimate of drug-likeness (QED) is 0.558. The molecule has 0 saturated carbocycles. The molecule has 0 unspecified atom stereocenters. The van der Waals surface area contributed by atoms with Gasteiger partial charge in [-0.05, 0) is 52.5 Å². The van der Waals surface area contributed by atoms with Crippen LogP contribution in [0.1, 0.15) is 5.56 Å². The molecule has 20 heavy (non-hydrogen) atoms. The lowest BCUT2D eigenvalue weighted by atomic mass is 10.1. The van der Waals surface area contributed by atoms with Gasteiger partial charge in [0.05, 0.1) is 5.69 Å². The molecule has 3 N–H and O–H groups in total. The van der Waals surface area contributed by atoms with Crippen LogP contribution in [0.25, 0.3) is 0 Å². The molecule has 2 nitrogen and oxygen atoms in total. The molecule has 0 bridgehead atoms. The number of benzene rings is 2. The van der Waals surface area contributed by atoms with Crippen LogP contribution in [0, 0.1) is 0 Å². The minimum absolute atomic E-state index is 0.377. The van der Waals surface area contributed by atoms with Crippen molar-refractivity contribution in [1.29, 1.82) is 0 Å². The number of thioether (sulfide) groups is 1. The average molecular weight is 388 g/mol. The molecule has 0 aromatic heterocycles. The number of halogens is 2. The molecule has 0 aliphatic rings. The van der Waals surface area contributed by atoms with E-state index in [4.69, 9.17) is 29.6 Å². The molecule has 6 heteroatoms. The summed E-state index contributed by atoms with van der Waals surface area (Å²) in [4.78, 5) is 1.43. The van der Waals surface area contributed by atoms with E-state index >= 15 is 0 Å². The molecule has 2 aromatic carbocycles. The van der Waals surface area contributed by atoms with Crippen LogP contribution >= 0.6 is 51.5 Å². The first-order valence-corrected chi connectivity index (χ1v) is 8.52. The predicted octanol–water partition coefficient (Wildman–Crippen LogP) is 5.20. The second-order valence-corrected chi connectivity index (χ2v) is 6.57. The van der Waals surface area contributed by atoms with Crippen LogP contribution in [-0.4, -0.2) is 11.2 Å². The lowest BCUT2D eigenvalue weighted by Gasteiger charge is -2.15. The van der Waals surface area contributed by atoms with E-state index in [1.54, 1.807) is 11.8 Å². The maximum Gasteiger partial charge on any atom is 0.107 e. The Bertz CT molecular complexity index is 662. The van der Waals surface area contributed by atoms with Gasteiger partial charge in [0.1, 0.15) is 4.99 Å². The standard InChI is InChI=1S/C14H12BrClN2S2/c1-20-12-4-2-3-11(13(12)14(17)19)18-10-6-5-8(16)7-9(10)15/h2-7,18H,1H3,(H2,17,19). The van der Waals surface area contributed by atoms with E-state index in [0.29, 0.717) is 10.0 Å². The van der Waals surface area contributed by atoms with Crippen LogP contribution in [0.15, 0.2) is 45.8 Å². The highest BCUT2D eigenvalue weighted by Crippen LogP contribution is 2.33. The second kappa shape index (κ2) is 6.80. The molecule has 104 valence electrons. The highest BCUT2D eigenvalue weighted by molar-refractivity contribution is 9.10. The van der Waals surface area contributed by atoms with Gasteiger partial charge in [0.2, 0.25) is 0 Å². The van der Waals surface area contributed by atoms with Gasteiger partial charge in [-0.2, -0.15) is 0 Å². The van der Waals surface area contributed by atoms with E-state index in [-0.39, 0.29) is 0 Å². The van der Waals surface area contributed by atoms with E-state index < -0.39 is 0 Å². The van der Waals surface area contributed by atoms with Gasteiger partial charge in [0.25, 0.3) is 0 Å². The predicted molar refractivity (Wildman–Crippen MR) is 96.5 cm³/mol. The van der Waals surface area contributed by atoms with Crippen molar-refractivity contribution >= 4 is 67.9 Å². The van der Waals surface area contributed by atoms with E-state index in [1.807, 2.05) is 42.7 Å². The molecule has 0 radical (unpaired) electrons. The SMILES string of the molecule is CSc1cccc(Nc2ccc(Cl)cc2Br)c1C(N)=S. The summed E-state index contributed by atoms with van der Waals surface area (Å²) in [6.07, 6.45) is 2.00. The number of hydrogen-bond donors (Lipinski definition) is 2. The minimum atomic E-state index is 0.377. The summed E-state index contributed by atoms with van der Waals surface area (Å²) in [5, 5.41) is 4.01. The van der Waals surface area contributed by atoms with Crippen molar-refractivity contribution in [2.75, 3.05) is 11.6 Å². The molecule has 0 spiro atoms. The van der Waals surface area contributed by atoms with Gasteiger partial charge in [-0.1, -0.05) is 29.9 Å². The maximum atomic E-state index is 5.95. The molecular formula is C14H12BrClN2S2. The Morgan fingerprint density at radius 1 is 1.30 bits per heavy atom. The molecule has 0 aliphatic carbocycles. The van der Waals surface area contributed by atoms with Crippen molar-refractivity contribution in [3.63, 3.8) is 0 Å². The fourth-order valence-corrected chi connectivity index (χ4v) is 3.50. The first-order valence-electron chi connectivity index (χ1n) is 5.72. The van der Waals surface area contributed by atoms with E-state index in [0.717, 1.165) is 26.3 Å². The normalized spacial score (nSPS) is 10.3. The highest BCUT2D eigenvalue weighted by Gasteiger charge is 2.11. The number of hydrogen-bond acceptors (Lipinski definition) is 3. The summed E-state index contributed by atoms with van der Waals surface area (Å²) in [7, 11) is 0. The van der Waals surface area contributed by atoms with Gasteiger partial charge in [-0.3, -0.25) is 0 Å². The second-order valence-electron chi connectivity index (χ2n) is 4.00. The summed E-state index contributed by atoms with van der Waals surface area (Å²) >= 11 is 16.2. The third-order valence-electron chi connectivity index (χ3n) is 2.69. The molecule has 0 heterocycles. The van der Waals surface area contributed by atoms with Crippen LogP contribution < -0.4 is 11.1 Å². The third kappa shape index (κ3) is 3.47. The molecule has 0 atom stereocenters. The molecule has 0 fully saturated rings. The smallest absolute Gasteiger partial charge is 0.107 e. The van der Waals surface area contributed by atoms with Crippen molar-refractivity contribution < 1.29 is 0 Å². The zero-order valence-corrected chi connectivity index (χ0v) is 14.6. The Kier molecular flexibility index (Phi) is 5.32. The number of nitrogens with two attached hydrogens (primary N) is 1. The van der Waals surface area contributed by atoms with Crippen LogP contribution in [0.5, 0.6) is 0 Å². The molecule has 2 aromatic rings. The highest BCUT2D eigenvalue weighted by atomic mass is 79.9. The first kappa shape index (κ1) is 15.6. The number of nitrogens with one attached hydrogen (secondary N) is 1. The Balaban J connectivity index is 2.45. The number of anilines is 2. The van der Waals surface area contributed by atoms with E-state index in [1.165, 1.54) is 0 Å². The average Bonchev–Trinajstić information content (AvgIpc) is 2.41. The molecular weight excluding hydrogens is 376 g/mol. The van der Waals surface area contributed by atoms with E-state index in [9.17, 15) is 0 Å². The lowest BCUT2D eigenvalue weighted by Crippen LogP contribution is -2.13. The van der Waals surface area contributed by atoms with Gasteiger partial charge in [0.15, 0.2) is 0 Å². The van der Waals surface area contributed by atoms with Crippen LogP contribution in [-0.2, 0) is 0 Å². The number of thiocarbonyl (C=S) groups is 1. The van der Waals surface area contributed by atoms with Gasteiger partial charge < -0.3 is 11.1 Å². The molecule has 0 aliphatic heterocycles. The first-order chi connectivity index (χ1) is 9.52. The summed E-state index contributed by atoms with van der Waals surface area (Å²) in [5.41, 5.74) is 8.50. The Morgan fingerprint density at radius 2 is 2.05 bits per heavy atom. The molecule has 0 saturated heterocycles. The van der Waals surface area contributed by atoms with E-state index in [2.05, 4.69) is 21.2 Å². The third-order valence-corrected chi connectivity index (χ3v) is 4.57. The monoisotopic (exact) mass is 386 g/mol. The summed E-state index contributed by atoms with van der Waals surface area (Å²) in [6.45, 7) is 0. The fourth-order valence-electron chi connectivity index (χ4n) is 1.80. The minimum Gasteiger partial charge on any atom is -0.389 e. The van der Waals surface area contributed by atoms with Crippen LogP contribution in [0.2, 0.25) is 5.02 Å². The fraction of sp³-hybridized carbons (Fsp3) is 0.0714. The van der Waals surface area contributed by atoms with Gasteiger partial charge in [0, 0.05) is 25.6 Å². The molecule has 0 amide bonds. The largest absolute Gasteiger partial charge is 0.389 e. The van der Waals surface area contributed by atoms with Crippen molar-refractivity contribution in [1.82, 2.24) is 0 Å². The van der Waals surface area contributed by atoms with Gasteiger partial charge in [-0.25, -0.2) is 0 Å². The van der Waals surface area contributed by atoms with Gasteiger partial charge in [-0.15, -0.1) is 11.8 Å². The summed E-state index contributed by atoms with van der Waals surface area (Å²) in [5.74, 6) is 0. The maximum absolute atomic E-state index is 5.95. The molecule has 2 rings (SSSR count). The summed E-state index contributed by atoms with van der Waals surface area (Å²) in [6, 6.07) is 11.5.